The lowest BCUT2D eigenvalue weighted by Gasteiger charge is -2.04. The van der Waals surface area contributed by atoms with Gasteiger partial charge in [0.05, 0.1) is 11.6 Å². The molecule has 0 atom stereocenters. The third-order valence-electron chi connectivity index (χ3n) is 4.74. The van der Waals surface area contributed by atoms with Crippen molar-refractivity contribution in [2.45, 2.75) is 6.54 Å². The van der Waals surface area contributed by atoms with Crippen molar-refractivity contribution < 1.29 is 14.7 Å². The molecule has 3 heterocycles. The molecule has 164 valence electrons. The molecule has 0 radical (unpaired) electrons. The van der Waals surface area contributed by atoms with Gasteiger partial charge >= 0.3 is 0 Å². The second kappa shape index (κ2) is 9.76. The molecule has 0 aliphatic carbocycles. The van der Waals surface area contributed by atoms with Crippen LogP contribution in [-0.4, -0.2) is 33.8 Å². The van der Waals surface area contributed by atoms with Gasteiger partial charge in [-0.1, -0.05) is 35.5 Å². The van der Waals surface area contributed by atoms with E-state index in [0.717, 1.165) is 16.7 Å². The quantitative estimate of drug-likeness (QED) is 0.287. The van der Waals surface area contributed by atoms with E-state index < -0.39 is 5.56 Å². The van der Waals surface area contributed by atoms with Gasteiger partial charge in [-0.05, 0) is 22.8 Å². The van der Waals surface area contributed by atoms with Gasteiger partial charge in [0, 0.05) is 29.9 Å². The number of amides is 1. The third-order valence-corrected chi connectivity index (χ3v) is 5.63. The highest BCUT2D eigenvalue weighted by molar-refractivity contribution is 7.17. The van der Waals surface area contributed by atoms with E-state index in [9.17, 15) is 14.7 Å². The van der Waals surface area contributed by atoms with Gasteiger partial charge in [0.2, 0.25) is 0 Å². The number of aromatic nitrogens is 2. The largest absolute Gasteiger partial charge is 0.506 e. The van der Waals surface area contributed by atoms with Gasteiger partial charge in [0.1, 0.15) is 16.6 Å². The van der Waals surface area contributed by atoms with E-state index in [2.05, 4.69) is 20.4 Å². The van der Waals surface area contributed by atoms with Crippen molar-refractivity contribution in [2.75, 3.05) is 6.61 Å². The van der Waals surface area contributed by atoms with Crippen LogP contribution < -0.4 is 10.9 Å². The van der Waals surface area contributed by atoms with Crippen LogP contribution in [0.5, 0.6) is 5.75 Å². The minimum absolute atomic E-state index is 0.214. The first-order chi connectivity index (χ1) is 16.1. The second-order valence-corrected chi connectivity index (χ2v) is 7.79. The Labute approximate surface area is 191 Å². The predicted octanol–water partition coefficient (Wildman–Crippen LogP) is 2.90. The number of nitrogens with one attached hydrogen (secondary N) is 2. The molecule has 0 fully saturated rings. The van der Waals surface area contributed by atoms with Crippen molar-refractivity contribution in [3.05, 3.63) is 81.2 Å². The number of H-pyrrole nitrogens is 1. The van der Waals surface area contributed by atoms with Crippen LogP contribution in [0.4, 0.5) is 0 Å². The molecular formula is C23H17N5O4S. The molecule has 0 aliphatic heterocycles. The van der Waals surface area contributed by atoms with Crippen molar-refractivity contribution in [1.82, 2.24) is 15.3 Å². The van der Waals surface area contributed by atoms with E-state index in [1.54, 1.807) is 42.0 Å². The first-order valence-corrected chi connectivity index (χ1v) is 10.6. The van der Waals surface area contributed by atoms with Crippen molar-refractivity contribution in [1.29, 1.82) is 5.26 Å². The molecule has 3 N–H and O–H groups in total. The molecule has 1 amide bonds. The molecule has 9 nitrogen and oxygen atoms in total. The van der Waals surface area contributed by atoms with Gasteiger partial charge in [-0.15, -0.1) is 11.3 Å². The third kappa shape index (κ3) is 4.89. The number of benzene rings is 1. The molecule has 4 rings (SSSR count). The summed E-state index contributed by atoms with van der Waals surface area (Å²) >= 11 is 1.27. The fourth-order valence-electron chi connectivity index (χ4n) is 3.10. The zero-order valence-electron chi connectivity index (χ0n) is 17.1. The number of rotatable bonds is 7. The Morgan fingerprint density at radius 3 is 2.88 bits per heavy atom. The Morgan fingerprint density at radius 1 is 1.33 bits per heavy atom. The first-order valence-electron chi connectivity index (χ1n) is 9.74. The Morgan fingerprint density at radius 2 is 2.15 bits per heavy atom. The molecule has 0 saturated heterocycles. The number of carbonyl (C=O) groups is 1. The summed E-state index contributed by atoms with van der Waals surface area (Å²) in [6, 6.07) is 12.6. The van der Waals surface area contributed by atoms with Crippen molar-refractivity contribution in [3.63, 3.8) is 0 Å². The Kier molecular flexibility index (Phi) is 6.43. The van der Waals surface area contributed by atoms with Crippen LogP contribution in [0.2, 0.25) is 0 Å². The maximum Gasteiger partial charge on any atom is 0.270 e. The number of hydrogen-bond donors (Lipinski definition) is 3. The van der Waals surface area contributed by atoms with Gasteiger partial charge < -0.3 is 20.2 Å². The first kappa shape index (κ1) is 21.7. The van der Waals surface area contributed by atoms with E-state index in [-0.39, 0.29) is 23.8 Å². The van der Waals surface area contributed by atoms with Crippen LogP contribution in [0.3, 0.4) is 0 Å². The van der Waals surface area contributed by atoms with Crippen molar-refractivity contribution >= 4 is 33.7 Å². The minimum atomic E-state index is -0.617. The zero-order chi connectivity index (χ0) is 23.2. The predicted molar refractivity (Wildman–Crippen MR) is 124 cm³/mol. The lowest BCUT2D eigenvalue weighted by atomic mass is 10.0. The van der Waals surface area contributed by atoms with Crippen LogP contribution >= 0.6 is 11.3 Å². The number of pyridine rings is 2. The minimum Gasteiger partial charge on any atom is -0.506 e. The highest BCUT2D eigenvalue weighted by atomic mass is 32.1. The van der Waals surface area contributed by atoms with Crippen molar-refractivity contribution in [3.8, 4) is 22.9 Å². The number of nitriles is 1. The summed E-state index contributed by atoms with van der Waals surface area (Å²) in [6.07, 6.45) is 4.81. The van der Waals surface area contributed by atoms with Crippen LogP contribution in [0.25, 0.3) is 21.3 Å². The topological polar surface area (TPSA) is 140 Å². The fourth-order valence-corrected chi connectivity index (χ4v) is 4.06. The monoisotopic (exact) mass is 459 g/mol. The summed E-state index contributed by atoms with van der Waals surface area (Å²) in [5.41, 5.74) is 2.19. The van der Waals surface area contributed by atoms with E-state index in [1.807, 2.05) is 18.2 Å². The van der Waals surface area contributed by atoms with Gasteiger partial charge in [-0.2, -0.15) is 5.26 Å². The molecule has 0 bridgehead atoms. The Hall–Kier alpha value is -4.49. The van der Waals surface area contributed by atoms with E-state index in [4.69, 9.17) is 10.1 Å². The number of carbonyl (C=O) groups excluding carboxylic acids is 1. The molecule has 1 aromatic carbocycles. The maximum absolute atomic E-state index is 11.9. The summed E-state index contributed by atoms with van der Waals surface area (Å²) in [5.74, 6) is -0.626. The number of hydrogen-bond acceptors (Lipinski definition) is 8. The van der Waals surface area contributed by atoms with Crippen LogP contribution in [0, 0.1) is 11.3 Å². The lowest BCUT2D eigenvalue weighted by Crippen LogP contribution is -2.26. The highest BCUT2D eigenvalue weighted by Gasteiger charge is 2.17. The average Bonchev–Trinajstić information content (AvgIpc) is 3.26. The van der Waals surface area contributed by atoms with E-state index in [1.165, 1.54) is 17.6 Å². The number of thiophene rings is 1. The number of nitrogens with zero attached hydrogens (tertiary/aromatic N) is 3. The van der Waals surface area contributed by atoms with Crippen LogP contribution in [-0.2, 0) is 16.2 Å². The zero-order valence-corrected chi connectivity index (χ0v) is 17.9. The second-order valence-electron chi connectivity index (χ2n) is 6.91. The molecule has 0 unspecified atom stereocenters. The average molecular weight is 459 g/mol. The molecular weight excluding hydrogens is 442 g/mol. The fraction of sp³-hybridized carbons (Fsp3) is 0.0870. The number of aromatic amines is 1. The number of oxime groups is 1. The summed E-state index contributed by atoms with van der Waals surface area (Å²) in [5, 5.41) is 28.3. The van der Waals surface area contributed by atoms with Gasteiger partial charge in [0.25, 0.3) is 11.5 Å². The summed E-state index contributed by atoms with van der Waals surface area (Å²) < 4.78 is 0. The van der Waals surface area contributed by atoms with Crippen molar-refractivity contribution in [2.24, 2.45) is 5.16 Å². The number of aromatic hydroxyl groups is 1. The van der Waals surface area contributed by atoms with E-state index >= 15 is 0 Å². The SMILES string of the molecule is N#Cc1c(O)c2c(-c3ccc(C=NOCC(=O)NCc4cccnc4)cc3)csc2[nH]c1=O. The molecule has 4 aromatic rings. The van der Waals surface area contributed by atoms with Crippen LogP contribution in [0.15, 0.2) is 64.1 Å². The smallest absolute Gasteiger partial charge is 0.270 e. The molecule has 33 heavy (non-hydrogen) atoms. The molecule has 0 saturated carbocycles. The van der Waals surface area contributed by atoms with Crippen LogP contribution in [0.1, 0.15) is 16.7 Å². The summed E-state index contributed by atoms with van der Waals surface area (Å²) in [6.45, 7) is 0.145. The maximum atomic E-state index is 11.9. The molecule has 3 aromatic heterocycles. The van der Waals surface area contributed by atoms with Gasteiger partial charge in [-0.25, -0.2) is 0 Å². The van der Waals surface area contributed by atoms with Gasteiger partial charge in [0.15, 0.2) is 12.2 Å². The molecule has 0 spiro atoms. The Balaban J connectivity index is 1.38. The lowest BCUT2D eigenvalue weighted by molar-refractivity contribution is -0.125. The van der Waals surface area contributed by atoms with Gasteiger partial charge in [-0.3, -0.25) is 14.6 Å². The highest BCUT2D eigenvalue weighted by Crippen LogP contribution is 2.38. The standard InChI is InChI=1S/C23H17N5O4S/c24-8-17-21(30)20-18(13-33-23(20)28-22(17)31)16-5-3-14(4-6-16)11-27-32-12-19(29)26-10-15-2-1-7-25-9-15/h1-7,9,11,13H,10,12H2,(H,26,29)(H2,28,30,31). The summed E-state index contributed by atoms with van der Waals surface area (Å²) in [7, 11) is 0. The Bertz CT molecular complexity index is 1420. The van der Waals surface area contributed by atoms with E-state index in [0.29, 0.717) is 22.3 Å². The number of fused-ring (bicyclic) bond motifs is 1. The normalized spacial score (nSPS) is 10.9. The molecule has 10 heteroatoms. The summed E-state index contributed by atoms with van der Waals surface area (Å²) in [4.78, 5) is 35.8. The molecule has 0 aliphatic rings.